The molecule has 2 aromatic rings. The molecule has 1 aliphatic heterocycles. The minimum absolute atomic E-state index is 0.110. The number of fused-ring (bicyclic) bond motifs is 1. The van der Waals surface area contributed by atoms with Gasteiger partial charge in [0.25, 0.3) is 5.91 Å². The van der Waals surface area contributed by atoms with E-state index in [-0.39, 0.29) is 17.2 Å². The molecule has 0 aromatic heterocycles. The summed E-state index contributed by atoms with van der Waals surface area (Å²) in [6.45, 7) is 2.53. The number of hydrogen-bond acceptors (Lipinski definition) is 3. The smallest absolute Gasteiger partial charge is 0.262 e. The summed E-state index contributed by atoms with van der Waals surface area (Å²) in [5.41, 5.74) is 9.77. The van der Waals surface area contributed by atoms with Crippen molar-refractivity contribution in [2.75, 3.05) is 17.2 Å². The van der Waals surface area contributed by atoms with Crippen molar-refractivity contribution < 1.29 is 9.90 Å². The summed E-state index contributed by atoms with van der Waals surface area (Å²) in [7, 11) is 0. The topological polar surface area (TPSA) is 66.6 Å². The van der Waals surface area contributed by atoms with E-state index in [0.717, 1.165) is 23.2 Å². The molecule has 0 atom stereocenters. The van der Waals surface area contributed by atoms with E-state index in [1.54, 1.807) is 11.0 Å². The highest BCUT2D eigenvalue weighted by atomic mass is 35.5. The highest BCUT2D eigenvalue weighted by Crippen LogP contribution is 2.34. The Labute approximate surface area is 127 Å². The molecule has 0 unspecified atom stereocenters. The van der Waals surface area contributed by atoms with E-state index in [9.17, 15) is 9.90 Å². The Morgan fingerprint density at radius 3 is 2.81 bits per heavy atom. The van der Waals surface area contributed by atoms with Crippen molar-refractivity contribution in [2.45, 2.75) is 13.3 Å². The zero-order chi connectivity index (χ0) is 15.1. The van der Waals surface area contributed by atoms with Gasteiger partial charge in [0.15, 0.2) is 0 Å². The Hall–Kier alpha value is -2.20. The van der Waals surface area contributed by atoms with Crippen molar-refractivity contribution in [3.05, 3.63) is 52.0 Å². The second-order valence-corrected chi connectivity index (χ2v) is 5.64. The van der Waals surface area contributed by atoms with E-state index in [1.165, 1.54) is 12.1 Å². The number of halogens is 1. The highest BCUT2D eigenvalue weighted by Gasteiger charge is 2.27. The normalized spacial score (nSPS) is 13.3. The van der Waals surface area contributed by atoms with Crippen molar-refractivity contribution >= 4 is 28.9 Å². The molecule has 3 N–H and O–H groups in total. The zero-order valence-electron chi connectivity index (χ0n) is 11.6. The largest absolute Gasteiger partial charge is 0.507 e. The van der Waals surface area contributed by atoms with E-state index in [2.05, 4.69) is 0 Å². The van der Waals surface area contributed by atoms with Crippen molar-refractivity contribution in [1.29, 1.82) is 0 Å². The lowest BCUT2D eigenvalue weighted by atomic mass is 10.1. The molecule has 0 radical (unpaired) electrons. The van der Waals surface area contributed by atoms with E-state index < -0.39 is 0 Å². The second-order valence-electron chi connectivity index (χ2n) is 5.21. The van der Waals surface area contributed by atoms with Crippen LogP contribution in [0.3, 0.4) is 0 Å². The van der Waals surface area contributed by atoms with Crippen molar-refractivity contribution in [2.24, 2.45) is 0 Å². The van der Waals surface area contributed by atoms with Gasteiger partial charge in [-0.05, 0) is 48.7 Å². The van der Waals surface area contributed by atoms with Crippen LogP contribution in [0.25, 0.3) is 0 Å². The summed E-state index contributed by atoms with van der Waals surface area (Å²) >= 11 is 5.80. The zero-order valence-corrected chi connectivity index (χ0v) is 12.3. The summed E-state index contributed by atoms with van der Waals surface area (Å²) in [6, 6.07) is 8.34. The first-order valence-corrected chi connectivity index (χ1v) is 7.04. The highest BCUT2D eigenvalue weighted by molar-refractivity contribution is 6.31. The quantitative estimate of drug-likeness (QED) is 0.795. The molecule has 2 aromatic carbocycles. The summed E-state index contributed by atoms with van der Waals surface area (Å²) in [5, 5.41) is 10.3. The van der Waals surface area contributed by atoms with Crippen LogP contribution in [0.2, 0.25) is 5.02 Å². The second kappa shape index (κ2) is 4.97. The number of aryl methyl sites for hydroxylation is 1. The number of benzene rings is 2. The fraction of sp³-hybridized carbons (Fsp3) is 0.188. The molecule has 0 aliphatic carbocycles. The van der Waals surface area contributed by atoms with Gasteiger partial charge in [0.2, 0.25) is 0 Å². The lowest BCUT2D eigenvalue weighted by Gasteiger charge is -2.19. The first kappa shape index (κ1) is 13.8. The number of amides is 1. The first-order chi connectivity index (χ1) is 9.97. The van der Waals surface area contributed by atoms with Crippen molar-refractivity contribution in [3.8, 4) is 5.75 Å². The third-order valence-electron chi connectivity index (χ3n) is 3.80. The molecule has 0 bridgehead atoms. The Bertz CT molecular complexity index is 743. The van der Waals surface area contributed by atoms with E-state index in [1.807, 2.05) is 19.1 Å². The summed E-state index contributed by atoms with van der Waals surface area (Å²) in [6.07, 6.45) is 0.788. The fourth-order valence-corrected chi connectivity index (χ4v) is 2.78. The number of rotatable bonds is 1. The molecule has 3 rings (SSSR count). The van der Waals surface area contributed by atoms with Crippen LogP contribution >= 0.6 is 11.6 Å². The average molecular weight is 303 g/mol. The predicted molar refractivity (Wildman–Crippen MR) is 84.1 cm³/mol. The minimum Gasteiger partial charge on any atom is -0.507 e. The van der Waals surface area contributed by atoms with Crippen LogP contribution in [0, 0.1) is 6.92 Å². The van der Waals surface area contributed by atoms with E-state index >= 15 is 0 Å². The van der Waals surface area contributed by atoms with Crippen LogP contribution in [-0.2, 0) is 6.42 Å². The van der Waals surface area contributed by atoms with E-state index in [0.29, 0.717) is 17.3 Å². The van der Waals surface area contributed by atoms with E-state index in [4.69, 9.17) is 17.3 Å². The number of phenolic OH excluding ortho intramolecular Hbond substituents is 1. The standard InChI is InChI=1S/C16H15ClN2O2/c1-9-6-10-4-5-19(14(10)8-13(9)18)16(21)12-3-2-11(17)7-15(12)20/h2-3,6-8,20H,4-5,18H2,1H3. The van der Waals surface area contributed by atoms with Gasteiger partial charge in [0.05, 0.1) is 5.56 Å². The van der Waals surface area contributed by atoms with Gasteiger partial charge in [-0.15, -0.1) is 0 Å². The van der Waals surface area contributed by atoms with Crippen LogP contribution in [0.4, 0.5) is 11.4 Å². The molecule has 0 saturated heterocycles. The third-order valence-corrected chi connectivity index (χ3v) is 4.03. The molecule has 4 nitrogen and oxygen atoms in total. The first-order valence-electron chi connectivity index (χ1n) is 6.67. The van der Waals surface area contributed by atoms with Crippen LogP contribution in [0.15, 0.2) is 30.3 Å². The number of anilines is 2. The van der Waals surface area contributed by atoms with Gasteiger partial charge in [0, 0.05) is 22.9 Å². The molecule has 0 saturated carbocycles. The Morgan fingerprint density at radius 1 is 1.33 bits per heavy atom. The number of nitrogens with two attached hydrogens (primary N) is 1. The molecule has 21 heavy (non-hydrogen) atoms. The minimum atomic E-state index is -0.244. The molecule has 5 heteroatoms. The summed E-state index contributed by atoms with van der Waals surface area (Å²) in [4.78, 5) is 14.3. The number of phenols is 1. The van der Waals surface area contributed by atoms with Crippen LogP contribution in [-0.4, -0.2) is 17.6 Å². The van der Waals surface area contributed by atoms with Gasteiger partial charge in [-0.25, -0.2) is 0 Å². The maximum absolute atomic E-state index is 12.6. The van der Waals surface area contributed by atoms with Crippen LogP contribution in [0.5, 0.6) is 5.75 Å². The lowest BCUT2D eigenvalue weighted by Crippen LogP contribution is -2.29. The lowest BCUT2D eigenvalue weighted by molar-refractivity contribution is 0.0987. The average Bonchev–Trinajstić information content (AvgIpc) is 2.81. The van der Waals surface area contributed by atoms with Crippen molar-refractivity contribution in [1.82, 2.24) is 0 Å². The number of carbonyl (C=O) groups excluding carboxylic acids is 1. The number of nitrogens with zero attached hydrogens (tertiary/aromatic N) is 1. The summed E-state index contributed by atoms with van der Waals surface area (Å²) in [5.74, 6) is -0.354. The Balaban J connectivity index is 2.00. The van der Waals surface area contributed by atoms with Gasteiger partial charge in [0.1, 0.15) is 5.75 Å². The van der Waals surface area contributed by atoms with Gasteiger partial charge in [-0.2, -0.15) is 0 Å². The molecule has 108 valence electrons. The molecule has 0 spiro atoms. The van der Waals surface area contributed by atoms with Gasteiger partial charge >= 0.3 is 0 Å². The fourth-order valence-electron chi connectivity index (χ4n) is 2.62. The maximum atomic E-state index is 12.6. The van der Waals surface area contributed by atoms with Gasteiger partial charge in [-0.3, -0.25) is 4.79 Å². The molecular weight excluding hydrogens is 288 g/mol. The predicted octanol–water partition coefficient (Wildman–Crippen LogP) is 3.14. The third kappa shape index (κ3) is 2.32. The monoisotopic (exact) mass is 302 g/mol. The van der Waals surface area contributed by atoms with Crippen LogP contribution in [0.1, 0.15) is 21.5 Å². The Morgan fingerprint density at radius 2 is 2.10 bits per heavy atom. The molecule has 1 amide bonds. The number of carbonyl (C=O) groups is 1. The SMILES string of the molecule is Cc1cc2c(cc1N)N(C(=O)c1ccc(Cl)cc1O)CC2. The molecule has 1 heterocycles. The van der Waals surface area contributed by atoms with Crippen LogP contribution < -0.4 is 10.6 Å². The molecule has 0 fully saturated rings. The summed E-state index contributed by atoms with van der Waals surface area (Å²) < 4.78 is 0. The maximum Gasteiger partial charge on any atom is 0.262 e. The van der Waals surface area contributed by atoms with Crippen molar-refractivity contribution in [3.63, 3.8) is 0 Å². The molecular formula is C16H15ClN2O2. The van der Waals surface area contributed by atoms with Gasteiger partial charge < -0.3 is 15.7 Å². The molecule has 1 aliphatic rings. The number of hydrogen-bond donors (Lipinski definition) is 2. The number of nitrogen functional groups attached to an aromatic ring is 1. The Kier molecular flexibility index (Phi) is 3.26. The van der Waals surface area contributed by atoms with Gasteiger partial charge in [-0.1, -0.05) is 17.7 Å². The number of aromatic hydroxyl groups is 1.